The molecular formula is C14H26O2. The van der Waals surface area contributed by atoms with Crippen LogP contribution in [-0.2, 0) is 9.53 Å². The van der Waals surface area contributed by atoms with E-state index < -0.39 is 0 Å². The molecule has 0 aromatic carbocycles. The van der Waals surface area contributed by atoms with Crippen LogP contribution in [0, 0.1) is 5.92 Å². The van der Waals surface area contributed by atoms with E-state index in [1.54, 1.807) is 0 Å². The van der Waals surface area contributed by atoms with Crippen molar-refractivity contribution in [1.82, 2.24) is 0 Å². The predicted molar refractivity (Wildman–Crippen MR) is 68.3 cm³/mol. The molecule has 0 rings (SSSR count). The maximum absolute atomic E-state index is 11.4. The standard InChI is InChI=1S/C14H26O2/c1-5-6-7-8-9-10-11-14(15)16-13(4)12(2)3/h7-8,12-13H,5-6,9-11H2,1-4H3/b8-7-. The number of hydrogen-bond acceptors (Lipinski definition) is 2. The van der Waals surface area contributed by atoms with Gasteiger partial charge in [0, 0.05) is 6.42 Å². The van der Waals surface area contributed by atoms with Gasteiger partial charge in [0.05, 0.1) is 0 Å². The minimum Gasteiger partial charge on any atom is -0.462 e. The maximum Gasteiger partial charge on any atom is 0.306 e. The Hall–Kier alpha value is -0.790. The fourth-order valence-corrected chi connectivity index (χ4v) is 1.17. The summed E-state index contributed by atoms with van der Waals surface area (Å²) < 4.78 is 5.28. The molecule has 0 aromatic heterocycles. The molecule has 2 heteroatoms. The molecular weight excluding hydrogens is 200 g/mol. The second-order valence-corrected chi connectivity index (χ2v) is 4.59. The fourth-order valence-electron chi connectivity index (χ4n) is 1.17. The van der Waals surface area contributed by atoms with E-state index in [1.165, 1.54) is 6.42 Å². The lowest BCUT2D eigenvalue weighted by Gasteiger charge is -2.16. The molecule has 0 saturated heterocycles. The highest BCUT2D eigenvalue weighted by Crippen LogP contribution is 2.08. The number of hydrogen-bond donors (Lipinski definition) is 0. The van der Waals surface area contributed by atoms with Crippen LogP contribution in [0.1, 0.15) is 59.8 Å². The van der Waals surface area contributed by atoms with E-state index >= 15 is 0 Å². The summed E-state index contributed by atoms with van der Waals surface area (Å²) in [6.07, 6.45) is 9.09. The lowest BCUT2D eigenvalue weighted by atomic mass is 10.1. The molecule has 0 bridgehead atoms. The van der Waals surface area contributed by atoms with Crippen molar-refractivity contribution in [3.05, 3.63) is 12.2 Å². The molecule has 0 heterocycles. The van der Waals surface area contributed by atoms with Gasteiger partial charge in [-0.2, -0.15) is 0 Å². The molecule has 1 unspecified atom stereocenters. The van der Waals surface area contributed by atoms with Gasteiger partial charge in [-0.05, 0) is 32.1 Å². The Labute approximate surface area is 100 Å². The van der Waals surface area contributed by atoms with Crippen LogP contribution in [0.15, 0.2) is 12.2 Å². The van der Waals surface area contributed by atoms with E-state index in [2.05, 4.69) is 32.9 Å². The van der Waals surface area contributed by atoms with Crippen molar-refractivity contribution in [2.24, 2.45) is 5.92 Å². The number of carbonyl (C=O) groups is 1. The SMILES string of the molecule is CCC/C=C\CCCC(=O)OC(C)C(C)C. The minimum atomic E-state index is -0.0647. The molecule has 0 aliphatic heterocycles. The van der Waals surface area contributed by atoms with Gasteiger partial charge in [-0.1, -0.05) is 39.3 Å². The molecule has 2 nitrogen and oxygen atoms in total. The summed E-state index contributed by atoms with van der Waals surface area (Å²) in [7, 11) is 0. The predicted octanol–water partition coefficient (Wildman–Crippen LogP) is 4.10. The van der Waals surface area contributed by atoms with E-state index in [0.29, 0.717) is 12.3 Å². The highest BCUT2D eigenvalue weighted by Gasteiger charge is 2.11. The summed E-state index contributed by atoms with van der Waals surface area (Å²) in [4.78, 5) is 11.4. The third-order valence-corrected chi connectivity index (χ3v) is 2.63. The van der Waals surface area contributed by atoms with Crippen molar-refractivity contribution in [2.45, 2.75) is 65.9 Å². The second kappa shape index (κ2) is 9.44. The van der Waals surface area contributed by atoms with Crippen LogP contribution in [0.25, 0.3) is 0 Å². The number of rotatable bonds is 8. The largest absolute Gasteiger partial charge is 0.462 e. The van der Waals surface area contributed by atoms with Crippen molar-refractivity contribution in [3.63, 3.8) is 0 Å². The molecule has 0 spiro atoms. The Kier molecular flexibility index (Phi) is 8.97. The quantitative estimate of drug-likeness (QED) is 0.354. The average molecular weight is 226 g/mol. The molecule has 94 valence electrons. The van der Waals surface area contributed by atoms with Gasteiger partial charge in [-0.15, -0.1) is 0 Å². The first-order chi connectivity index (χ1) is 7.57. The van der Waals surface area contributed by atoms with Crippen LogP contribution >= 0.6 is 0 Å². The van der Waals surface area contributed by atoms with Crippen LogP contribution < -0.4 is 0 Å². The summed E-state index contributed by atoms with van der Waals surface area (Å²) in [6.45, 7) is 8.23. The van der Waals surface area contributed by atoms with Crippen molar-refractivity contribution in [3.8, 4) is 0 Å². The Morgan fingerprint density at radius 3 is 2.38 bits per heavy atom. The summed E-state index contributed by atoms with van der Waals surface area (Å²) in [5, 5.41) is 0. The van der Waals surface area contributed by atoms with E-state index in [0.717, 1.165) is 19.3 Å². The van der Waals surface area contributed by atoms with E-state index in [4.69, 9.17) is 4.74 Å². The van der Waals surface area contributed by atoms with E-state index in [-0.39, 0.29) is 12.1 Å². The number of esters is 1. The fraction of sp³-hybridized carbons (Fsp3) is 0.786. The van der Waals surface area contributed by atoms with Crippen molar-refractivity contribution >= 4 is 5.97 Å². The zero-order chi connectivity index (χ0) is 12.4. The van der Waals surface area contributed by atoms with Gasteiger partial charge in [0.15, 0.2) is 0 Å². The number of ether oxygens (including phenoxy) is 1. The summed E-state index contributed by atoms with van der Waals surface area (Å²) in [6, 6.07) is 0. The Balaban J connectivity index is 3.51. The Morgan fingerprint density at radius 1 is 1.19 bits per heavy atom. The molecule has 0 aliphatic carbocycles. The van der Waals surface area contributed by atoms with E-state index in [1.807, 2.05) is 6.92 Å². The van der Waals surface area contributed by atoms with Crippen LogP contribution in [-0.4, -0.2) is 12.1 Å². The monoisotopic (exact) mass is 226 g/mol. The normalized spacial score (nSPS) is 13.3. The molecule has 0 aromatic rings. The number of allylic oxidation sites excluding steroid dienone is 2. The van der Waals surface area contributed by atoms with Gasteiger partial charge < -0.3 is 4.74 Å². The molecule has 1 atom stereocenters. The summed E-state index contributed by atoms with van der Waals surface area (Å²) in [5.74, 6) is 0.332. The van der Waals surface area contributed by atoms with Crippen molar-refractivity contribution < 1.29 is 9.53 Å². The highest BCUT2D eigenvalue weighted by atomic mass is 16.5. The third kappa shape index (κ3) is 8.51. The minimum absolute atomic E-state index is 0.0307. The molecule has 0 saturated carbocycles. The summed E-state index contributed by atoms with van der Waals surface area (Å²) >= 11 is 0. The van der Waals surface area contributed by atoms with Gasteiger partial charge >= 0.3 is 5.97 Å². The van der Waals surface area contributed by atoms with Crippen LogP contribution in [0.3, 0.4) is 0 Å². The first-order valence-electron chi connectivity index (χ1n) is 6.42. The van der Waals surface area contributed by atoms with Crippen LogP contribution in [0.5, 0.6) is 0 Å². The molecule has 0 N–H and O–H groups in total. The van der Waals surface area contributed by atoms with Gasteiger partial charge in [-0.3, -0.25) is 4.79 Å². The lowest BCUT2D eigenvalue weighted by Crippen LogP contribution is -2.19. The number of unbranched alkanes of at least 4 members (excludes halogenated alkanes) is 2. The van der Waals surface area contributed by atoms with Gasteiger partial charge in [0.1, 0.15) is 6.10 Å². The van der Waals surface area contributed by atoms with Crippen molar-refractivity contribution in [1.29, 1.82) is 0 Å². The average Bonchev–Trinajstić information content (AvgIpc) is 2.23. The van der Waals surface area contributed by atoms with Crippen LogP contribution in [0.2, 0.25) is 0 Å². The topological polar surface area (TPSA) is 26.3 Å². The highest BCUT2D eigenvalue weighted by molar-refractivity contribution is 5.69. The van der Waals surface area contributed by atoms with Gasteiger partial charge in [0.2, 0.25) is 0 Å². The number of carbonyl (C=O) groups excluding carboxylic acids is 1. The van der Waals surface area contributed by atoms with E-state index in [9.17, 15) is 4.79 Å². The smallest absolute Gasteiger partial charge is 0.306 e. The maximum atomic E-state index is 11.4. The van der Waals surface area contributed by atoms with Crippen molar-refractivity contribution in [2.75, 3.05) is 0 Å². The Morgan fingerprint density at radius 2 is 1.81 bits per heavy atom. The molecule has 0 amide bonds. The molecule has 0 fully saturated rings. The van der Waals surface area contributed by atoms with Gasteiger partial charge in [0.25, 0.3) is 0 Å². The zero-order valence-electron chi connectivity index (χ0n) is 11.2. The molecule has 16 heavy (non-hydrogen) atoms. The first kappa shape index (κ1) is 15.2. The lowest BCUT2D eigenvalue weighted by molar-refractivity contribution is -0.150. The third-order valence-electron chi connectivity index (χ3n) is 2.63. The second-order valence-electron chi connectivity index (χ2n) is 4.59. The van der Waals surface area contributed by atoms with Crippen LogP contribution in [0.4, 0.5) is 0 Å². The molecule has 0 radical (unpaired) electrons. The molecule has 0 aliphatic rings. The van der Waals surface area contributed by atoms with Gasteiger partial charge in [-0.25, -0.2) is 0 Å². The zero-order valence-corrected chi connectivity index (χ0v) is 11.2. The Bertz CT molecular complexity index is 207. The first-order valence-corrected chi connectivity index (χ1v) is 6.42. The summed E-state index contributed by atoms with van der Waals surface area (Å²) in [5.41, 5.74) is 0.